The number of anilines is 1. The van der Waals surface area contributed by atoms with E-state index in [1.807, 2.05) is 43.5 Å². The molecule has 32 heavy (non-hydrogen) atoms. The van der Waals surface area contributed by atoms with Crippen molar-refractivity contribution in [1.29, 1.82) is 0 Å². The molecule has 1 unspecified atom stereocenters. The first kappa shape index (κ1) is 20.9. The molecule has 0 bridgehead atoms. The Bertz CT molecular complexity index is 1160. The van der Waals surface area contributed by atoms with Gasteiger partial charge in [0.15, 0.2) is 5.58 Å². The second-order valence-electron chi connectivity index (χ2n) is 9.71. The van der Waals surface area contributed by atoms with Crippen LogP contribution in [0.5, 0.6) is 0 Å². The molecule has 168 valence electrons. The molecule has 1 aliphatic carbocycles. The Balaban J connectivity index is 1.60. The van der Waals surface area contributed by atoms with E-state index in [2.05, 4.69) is 11.4 Å². The summed E-state index contributed by atoms with van der Waals surface area (Å²) in [7, 11) is 0. The fourth-order valence-electron chi connectivity index (χ4n) is 5.46. The molecule has 2 amide bonds. The van der Waals surface area contributed by atoms with Gasteiger partial charge in [-0.3, -0.25) is 14.5 Å². The van der Waals surface area contributed by atoms with E-state index in [-0.39, 0.29) is 17.9 Å². The minimum atomic E-state index is -1.06. The van der Waals surface area contributed by atoms with Crippen molar-refractivity contribution in [3.05, 3.63) is 53.4 Å². The van der Waals surface area contributed by atoms with Crippen molar-refractivity contribution in [1.82, 2.24) is 9.88 Å². The standard InChI is InChI=1S/C26H31N3O3/c1-17-12-18(2)14-20(13-17)29-24(30)22-15-23-21(10-11-32-23)28(22)16-26(29,3)25(31)27-19-8-6-4-5-7-9-19/h10-15,19H,4-9,16H2,1-3H3,(H,27,31). The SMILES string of the molecule is Cc1cc(C)cc(N2C(=O)c3cc4occc4n3CC2(C)C(=O)NC2CCCCCC2)c1. The van der Waals surface area contributed by atoms with Crippen LogP contribution in [0.3, 0.4) is 0 Å². The van der Waals surface area contributed by atoms with Crippen LogP contribution in [0.1, 0.15) is 67.1 Å². The summed E-state index contributed by atoms with van der Waals surface area (Å²) in [5.74, 6) is -0.265. The Morgan fingerprint density at radius 3 is 2.44 bits per heavy atom. The molecule has 0 radical (unpaired) electrons. The third-order valence-corrected chi connectivity index (χ3v) is 7.05. The van der Waals surface area contributed by atoms with Crippen molar-refractivity contribution in [3.63, 3.8) is 0 Å². The summed E-state index contributed by atoms with van der Waals surface area (Å²) in [6.45, 7) is 6.31. The molecule has 1 saturated carbocycles. The van der Waals surface area contributed by atoms with Gasteiger partial charge < -0.3 is 14.3 Å². The van der Waals surface area contributed by atoms with Crippen molar-refractivity contribution in [2.45, 2.75) is 77.4 Å². The zero-order valence-corrected chi connectivity index (χ0v) is 19.1. The second-order valence-corrected chi connectivity index (χ2v) is 9.71. The summed E-state index contributed by atoms with van der Waals surface area (Å²) in [5.41, 5.74) is 3.90. The monoisotopic (exact) mass is 433 g/mol. The van der Waals surface area contributed by atoms with Crippen LogP contribution in [0.25, 0.3) is 11.1 Å². The summed E-state index contributed by atoms with van der Waals surface area (Å²) in [6, 6.07) is 9.88. The maximum atomic E-state index is 13.9. The van der Waals surface area contributed by atoms with E-state index in [4.69, 9.17) is 4.42 Å². The number of benzene rings is 1. The number of rotatable bonds is 3. The first-order valence-corrected chi connectivity index (χ1v) is 11.7. The molecule has 2 aliphatic rings. The van der Waals surface area contributed by atoms with Gasteiger partial charge in [0.05, 0.1) is 18.3 Å². The lowest BCUT2D eigenvalue weighted by molar-refractivity contribution is -0.127. The molecule has 1 aliphatic heterocycles. The van der Waals surface area contributed by atoms with Gasteiger partial charge in [-0.15, -0.1) is 0 Å². The molecular formula is C26H31N3O3. The molecular weight excluding hydrogens is 402 g/mol. The Morgan fingerprint density at radius 1 is 1.06 bits per heavy atom. The van der Waals surface area contributed by atoms with Gasteiger partial charge in [0.2, 0.25) is 5.91 Å². The predicted molar refractivity (Wildman–Crippen MR) is 125 cm³/mol. The third-order valence-electron chi connectivity index (χ3n) is 7.05. The number of aryl methyl sites for hydroxylation is 2. The van der Waals surface area contributed by atoms with E-state index in [0.29, 0.717) is 17.8 Å². The fourth-order valence-corrected chi connectivity index (χ4v) is 5.46. The van der Waals surface area contributed by atoms with Crippen LogP contribution in [-0.2, 0) is 11.3 Å². The number of amides is 2. The van der Waals surface area contributed by atoms with Gasteiger partial charge in [0.1, 0.15) is 11.2 Å². The molecule has 1 fully saturated rings. The Hall–Kier alpha value is -3.02. The average Bonchev–Trinajstić information content (AvgIpc) is 3.22. The number of hydrogen-bond acceptors (Lipinski definition) is 3. The van der Waals surface area contributed by atoms with E-state index < -0.39 is 5.54 Å². The lowest BCUT2D eigenvalue weighted by Crippen LogP contribution is -2.65. The molecule has 6 nitrogen and oxygen atoms in total. The topological polar surface area (TPSA) is 67.5 Å². The van der Waals surface area contributed by atoms with Crippen LogP contribution in [0.15, 0.2) is 41.0 Å². The van der Waals surface area contributed by atoms with Crippen LogP contribution in [0.2, 0.25) is 0 Å². The number of aromatic nitrogens is 1. The summed E-state index contributed by atoms with van der Waals surface area (Å²) < 4.78 is 7.51. The van der Waals surface area contributed by atoms with E-state index >= 15 is 0 Å². The Kier molecular flexibility index (Phi) is 5.11. The molecule has 5 rings (SSSR count). The highest BCUT2D eigenvalue weighted by atomic mass is 16.3. The third kappa shape index (κ3) is 3.42. The molecule has 3 aromatic rings. The smallest absolute Gasteiger partial charge is 0.276 e. The van der Waals surface area contributed by atoms with E-state index in [1.54, 1.807) is 17.2 Å². The number of carbonyl (C=O) groups excluding carboxylic acids is 2. The second kappa shape index (κ2) is 7.84. The Morgan fingerprint density at radius 2 is 1.75 bits per heavy atom. The zero-order chi connectivity index (χ0) is 22.5. The normalized spacial score (nSPS) is 22.1. The highest BCUT2D eigenvalue weighted by Gasteiger charge is 2.49. The van der Waals surface area contributed by atoms with Crippen molar-refractivity contribution in [2.75, 3.05) is 4.90 Å². The highest BCUT2D eigenvalue weighted by molar-refractivity contribution is 6.13. The number of fused-ring (bicyclic) bond motifs is 3. The molecule has 0 spiro atoms. The number of nitrogens with zero attached hydrogens (tertiary/aromatic N) is 2. The molecule has 1 aromatic carbocycles. The summed E-state index contributed by atoms with van der Waals surface area (Å²) >= 11 is 0. The van der Waals surface area contributed by atoms with E-state index in [1.165, 1.54) is 12.8 Å². The largest absolute Gasteiger partial charge is 0.463 e. The van der Waals surface area contributed by atoms with Gasteiger partial charge in [0, 0.05) is 23.9 Å². The lowest BCUT2D eigenvalue weighted by Gasteiger charge is -2.44. The molecule has 0 saturated heterocycles. The van der Waals surface area contributed by atoms with Gasteiger partial charge in [0.25, 0.3) is 5.91 Å². The number of hydrogen-bond donors (Lipinski definition) is 1. The number of carbonyl (C=O) groups is 2. The summed E-state index contributed by atoms with van der Waals surface area (Å²) in [4.78, 5) is 29.4. The van der Waals surface area contributed by atoms with Crippen molar-refractivity contribution >= 4 is 28.6 Å². The van der Waals surface area contributed by atoms with Crippen LogP contribution in [-0.4, -0.2) is 28.0 Å². The lowest BCUT2D eigenvalue weighted by atomic mass is 9.92. The Labute approximate surface area is 188 Å². The molecule has 2 aromatic heterocycles. The minimum absolute atomic E-state index is 0.0899. The van der Waals surface area contributed by atoms with Crippen molar-refractivity contribution in [2.24, 2.45) is 0 Å². The van der Waals surface area contributed by atoms with Gasteiger partial charge >= 0.3 is 0 Å². The predicted octanol–water partition coefficient (Wildman–Crippen LogP) is 5.11. The summed E-state index contributed by atoms with van der Waals surface area (Å²) in [6.07, 6.45) is 8.35. The maximum absolute atomic E-state index is 13.9. The molecule has 3 heterocycles. The van der Waals surface area contributed by atoms with Gasteiger partial charge in [-0.1, -0.05) is 31.7 Å². The van der Waals surface area contributed by atoms with Crippen LogP contribution in [0.4, 0.5) is 5.69 Å². The molecule has 1 atom stereocenters. The van der Waals surface area contributed by atoms with Gasteiger partial charge in [-0.25, -0.2) is 0 Å². The minimum Gasteiger partial charge on any atom is -0.463 e. The molecule has 1 N–H and O–H groups in total. The van der Waals surface area contributed by atoms with Crippen LogP contribution >= 0.6 is 0 Å². The average molecular weight is 434 g/mol. The highest BCUT2D eigenvalue weighted by Crippen LogP contribution is 2.37. The van der Waals surface area contributed by atoms with Crippen molar-refractivity contribution in [3.8, 4) is 0 Å². The van der Waals surface area contributed by atoms with E-state index in [0.717, 1.165) is 48.0 Å². The quantitative estimate of drug-likeness (QED) is 0.584. The summed E-state index contributed by atoms with van der Waals surface area (Å²) in [5, 5.41) is 3.31. The van der Waals surface area contributed by atoms with Crippen LogP contribution < -0.4 is 10.2 Å². The zero-order valence-electron chi connectivity index (χ0n) is 19.1. The van der Waals surface area contributed by atoms with Crippen molar-refractivity contribution < 1.29 is 14.0 Å². The maximum Gasteiger partial charge on any atom is 0.276 e. The first-order chi connectivity index (χ1) is 15.4. The number of nitrogens with one attached hydrogen (secondary N) is 1. The van der Waals surface area contributed by atoms with E-state index in [9.17, 15) is 9.59 Å². The first-order valence-electron chi connectivity index (χ1n) is 11.7. The van der Waals surface area contributed by atoms with Crippen LogP contribution in [0, 0.1) is 13.8 Å². The van der Waals surface area contributed by atoms with Gasteiger partial charge in [-0.05, 0) is 56.9 Å². The molecule has 6 heteroatoms. The fraction of sp³-hybridized carbons (Fsp3) is 0.462. The van der Waals surface area contributed by atoms with Gasteiger partial charge in [-0.2, -0.15) is 0 Å². The number of furan rings is 1.